The number of amides is 1. The summed E-state index contributed by atoms with van der Waals surface area (Å²) >= 11 is 0. The number of alkyl halides is 7. The third-order valence-electron chi connectivity index (χ3n) is 5.38. The predicted molar refractivity (Wildman–Crippen MR) is 109 cm³/mol. The van der Waals surface area contributed by atoms with E-state index in [0.29, 0.717) is 0 Å². The van der Waals surface area contributed by atoms with Gasteiger partial charge in [0.05, 0.1) is 26.4 Å². The highest BCUT2D eigenvalue weighted by atomic mass is 19.4. The van der Waals surface area contributed by atoms with E-state index in [9.17, 15) is 40.6 Å². The topological polar surface area (TPSA) is 71.4 Å². The van der Waals surface area contributed by atoms with Gasteiger partial charge in [0, 0.05) is 6.42 Å². The van der Waals surface area contributed by atoms with Crippen molar-refractivity contribution in [2.24, 2.45) is 5.10 Å². The first-order valence-corrected chi connectivity index (χ1v) is 9.91. The van der Waals surface area contributed by atoms with E-state index < -0.39 is 53.2 Å². The number of hydrogen-bond acceptors (Lipinski definition) is 5. The monoisotopic (exact) mass is 508 g/mol. The van der Waals surface area contributed by atoms with E-state index in [0.717, 1.165) is 0 Å². The zero-order valence-electron chi connectivity index (χ0n) is 18.2. The van der Waals surface area contributed by atoms with E-state index in [1.165, 1.54) is 62.8 Å². The first-order valence-electron chi connectivity index (χ1n) is 9.91. The molecule has 2 aromatic carbocycles. The average molecular weight is 508 g/mol. The van der Waals surface area contributed by atoms with Gasteiger partial charge in [-0.1, -0.05) is 36.4 Å². The van der Waals surface area contributed by atoms with E-state index in [2.05, 4.69) is 5.10 Å². The Bertz CT molecular complexity index is 1120. The minimum absolute atomic E-state index is 0.0402. The fourth-order valence-electron chi connectivity index (χ4n) is 3.51. The molecule has 35 heavy (non-hydrogen) atoms. The van der Waals surface area contributed by atoms with Crippen molar-refractivity contribution in [3.8, 4) is 11.5 Å². The quantitative estimate of drug-likeness (QED) is 0.563. The molecule has 0 aliphatic carbocycles. The number of carbonyl (C=O) groups excluding carboxylic acids is 1. The molecule has 0 radical (unpaired) electrons. The molecule has 1 heterocycles. The normalized spacial score (nSPS) is 18.9. The van der Waals surface area contributed by atoms with Crippen LogP contribution in [0.4, 0.5) is 30.7 Å². The maximum absolute atomic E-state index is 14.8. The van der Waals surface area contributed by atoms with E-state index in [1.54, 1.807) is 0 Å². The molecule has 0 saturated heterocycles. The molecule has 1 N–H and O–H groups in total. The standard InChI is InChI=1S/C22H19F7N2O4/c1-34-16-9-8-13(10-17(16)35-2)11-18(32)31-19(33,20(23,24)21(25,26)22(27,28)29)12-15(30-31)14-6-4-3-5-7-14/h3-10,33H,11-12H2,1-2H3/t19-/m0/s1. The van der Waals surface area contributed by atoms with Crippen LogP contribution in [0.15, 0.2) is 53.6 Å². The fraction of sp³-hybridized carbons (Fsp3) is 0.364. The Labute approximate surface area is 194 Å². The number of hydrogen-bond donors (Lipinski definition) is 1. The lowest BCUT2D eigenvalue weighted by atomic mass is 9.91. The number of rotatable bonds is 7. The second-order valence-corrected chi connectivity index (χ2v) is 7.62. The van der Waals surface area contributed by atoms with Crippen LogP contribution >= 0.6 is 0 Å². The number of carbonyl (C=O) groups is 1. The fourth-order valence-corrected chi connectivity index (χ4v) is 3.51. The van der Waals surface area contributed by atoms with E-state index in [4.69, 9.17) is 9.47 Å². The largest absolute Gasteiger partial charge is 0.493 e. The third kappa shape index (κ3) is 4.40. The van der Waals surface area contributed by atoms with Crippen LogP contribution in [0, 0.1) is 0 Å². The molecule has 3 rings (SSSR count). The van der Waals surface area contributed by atoms with Crippen molar-refractivity contribution in [2.45, 2.75) is 36.6 Å². The van der Waals surface area contributed by atoms with Gasteiger partial charge in [-0.05, 0) is 23.3 Å². The smallest absolute Gasteiger partial charge is 0.460 e. The van der Waals surface area contributed by atoms with Crippen LogP contribution in [0.1, 0.15) is 17.5 Å². The minimum Gasteiger partial charge on any atom is -0.493 e. The Morgan fingerprint density at radius 1 is 1.00 bits per heavy atom. The van der Waals surface area contributed by atoms with E-state index in [-0.39, 0.29) is 22.6 Å². The molecule has 0 fully saturated rings. The lowest BCUT2D eigenvalue weighted by Gasteiger charge is -2.41. The summed E-state index contributed by atoms with van der Waals surface area (Å²) in [6, 6.07) is 10.9. The van der Waals surface area contributed by atoms with E-state index in [1.807, 2.05) is 0 Å². The highest BCUT2D eigenvalue weighted by molar-refractivity contribution is 6.03. The lowest BCUT2D eigenvalue weighted by molar-refractivity contribution is -0.401. The summed E-state index contributed by atoms with van der Waals surface area (Å²) < 4.78 is 106. The molecule has 0 spiro atoms. The number of ether oxygens (including phenoxy) is 2. The average Bonchev–Trinajstić information content (AvgIpc) is 3.18. The zero-order chi connectivity index (χ0) is 26.2. The molecule has 13 heteroatoms. The molecule has 1 atom stereocenters. The molecular formula is C22H19F7N2O4. The molecule has 6 nitrogen and oxygen atoms in total. The van der Waals surface area contributed by atoms with Gasteiger partial charge in [-0.3, -0.25) is 4.79 Å². The molecule has 190 valence electrons. The van der Waals surface area contributed by atoms with Crippen molar-refractivity contribution in [2.75, 3.05) is 14.2 Å². The number of benzene rings is 2. The highest BCUT2D eigenvalue weighted by Gasteiger charge is 2.82. The van der Waals surface area contributed by atoms with Crippen molar-refractivity contribution in [3.05, 3.63) is 59.7 Å². The first kappa shape index (κ1) is 26.3. The van der Waals surface area contributed by atoms with Crippen LogP contribution in [-0.4, -0.2) is 59.7 Å². The van der Waals surface area contributed by atoms with E-state index >= 15 is 0 Å². The predicted octanol–water partition coefficient (Wildman–Crippen LogP) is 4.40. The first-order chi connectivity index (χ1) is 16.2. The van der Waals surface area contributed by atoms with Crippen LogP contribution in [0.3, 0.4) is 0 Å². The van der Waals surface area contributed by atoms with Gasteiger partial charge >= 0.3 is 18.0 Å². The maximum atomic E-state index is 14.8. The van der Waals surface area contributed by atoms with Crippen LogP contribution in [0.2, 0.25) is 0 Å². The molecule has 1 aliphatic heterocycles. The van der Waals surface area contributed by atoms with Gasteiger partial charge in [0.2, 0.25) is 11.6 Å². The van der Waals surface area contributed by atoms with Crippen LogP contribution in [0.5, 0.6) is 11.5 Å². The van der Waals surface area contributed by atoms with Crippen molar-refractivity contribution >= 4 is 11.6 Å². The number of nitrogens with zero attached hydrogens (tertiary/aromatic N) is 2. The Hall–Kier alpha value is -3.35. The van der Waals surface area contributed by atoms with Gasteiger partial charge in [-0.25, -0.2) is 0 Å². The molecular weight excluding hydrogens is 489 g/mol. The van der Waals surface area contributed by atoms with Crippen molar-refractivity contribution in [3.63, 3.8) is 0 Å². The molecule has 0 bridgehead atoms. The van der Waals surface area contributed by atoms with Crippen LogP contribution < -0.4 is 9.47 Å². The summed E-state index contributed by atoms with van der Waals surface area (Å²) in [5.74, 6) is -13.9. The number of halogens is 7. The summed E-state index contributed by atoms with van der Waals surface area (Å²) in [4.78, 5) is 12.9. The molecule has 0 saturated carbocycles. The van der Waals surface area contributed by atoms with Gasteiger partial charge in [-0.2, -0.15) is 40.8 Å². The zero-order valence-corrected chi connectivity index (χ0v) is 18.2. The molecule has 0 aromatic heterocycles. The maximum Gasteiger partial charge on any atom is 0.460 e. The van der Waals surface area contributed by atoms with Crippen LogP contribution in [0.25, 0.3) is 0 Å². The summed E-state index contributed by atoms with van der Waals surface area (Å²) in [7, 11) is 2.61. The number of methoxy groups -OCH3 is 2. The van der Waals surface area contributed by atoms with Gasteiger partial charge in [-0.15, -0.1) is 0 Å². The Morgan fingerprint density at radius 3 is 2.14 bits per heavy atom. The molecule has 1 aliphatic rings. The van der Waals surface area contributed by atoms with Gasteiger partial charge in [0.1, 0.15) is 0 Å². The summed E-state index contributed by atoms with van der Waals surface area (Å²) in [6.07, 6.45) is -8.99. The molecule has 0 unspecified atom stereocenters. The van der Waals surface area contributed by atoms with Crippen molar-refractivity contribution < 1.29 is 50.1 Å². The van der Waals surface area contributed by atoms with Gasteiger partial charge in [0.15, 0.2) is 11.5 Å². The summed E-state index contributed by atoms with van der Waals surface area (Å²) in [6.45, 7) is 0. The van der Waals surface area contributed by atoms with Gasteiger partial charge < -0.3 is 14.6 Å². The Morgan fingerprint density at radius 2 is 1.60 bits per heavy atom. The lowest BCUT2D eigenvalue weighted by Crippen LogP contribution is -2.69. The third-order valence-corrected chi connectivity index (χ3v) is 5.38. The van der Waals surface area contributed by atoms with Crippen molar-refractivity contribution in [1.82, 2.24) is 5.01 Å². The SMILES string of the molecule is COc1ccc(CC(=O)N2N=C(c3ccccc3)C[C@]2(O)C(F)(F)C(F)(F)C(F)(F)F)cc1OC. The summed E-state index contributed by atoms with van der Waals surface area (Å²) in [5, 5.41) is 13.8. The van der Waals surface area contributed by atoms with Crippen LogP contribution in [-0.2, 0) is 11.2 Å². The Kier molecular flexibility index (Phi) is 6.77. The second-order valence-electron chi connectivity index (χ2n) is 7.62. The molecule has 2 aromatic rings. The molecule has 1 amide bonds. The minimum atomic E-state index is -6.72. The van der Waals surface area contributed by atoms with Gasteiger partial charge in [0.25, 0.3) is 0 Å². The number of aliphatic hydroxyl groups is 1. The Balaban J connectivity index is 2.06. The van der Waals surface area contributed by atoms with Crippen molar-refractivity contribution in [1.29, 1.82) is 0 Å². The highest BCUT2D eigenvalue weighted by Crippen LogP contribution is 2.54. The number of hydrazone groups is 1. The summed E-state index contributed by atoms with van der Waals surface area (Å²) in [5.41, 5.74) is -4.65. The second kappa shape index (κ2) is 9.02.